The molecule has 3 aromatic rings. The Morgan fingerprint density at radius 1 is 1.10 bits per heavy atom. The lowest BCUT2D eigenvalue weighted by molar-refractivity contribution is -0.914. The summed E-state index contributed by atoms with van der Waals surface area (Å²) in [5.41, 5.74) is 4.59. The van der Waals surface area contributed by atoms with E-state index in [2.05, 4.69) is 25.1 Å². The quantitative estimate of drug-likeness (QED) is 0.647. The number of aromatic hydroxyl groups is 1. The van der Waals surface area contributed by atoms with Gasteiger partial charge < -0.3 is 10.3 Å². The van der Waals surface area contributed by atoms with E-state index in [0.717, 1.165) is 41.5 Å². The van der Waals surface area contributed by atoms with Gasteiger partial charge >= 0.3 is 0 Å². The summed E-state index contributed by atoms with van der Waals surface area (Å²) >= 11 is 0. The second-order valence-electron chi connectivity index (χ2n) is 8.04. The van der Waals surface area contributed by atoms with Crippen LogP contribution in [0.4, 0.5) is 10.1 Å². The molecule has 0 spiro atoms. The molecule has 158 valence electrons. The third kappa shape index (κ3) is 3.71. The summed E-state index contributed by atoms with van der Waals surface area (Å²) in [5, 5.41) is 28.8. The molecule has 7 heteroatoms. The summed E-state index contributed by atoms with van der Waals surface area (Å²) in [6.45, 7) is 6.71. The van der Waals surface area contributed by atoms with Gasteiger partial charge in [0.1, 0.15) is 5.75 Å². The van der Waals surface area contributed by atoms with Gasteiger partial charge in [-0.1, -0.05) is 18.2 Å². The van der Waals surface area contributed by atoms with Crippen LogP contribution in [0.15, 0.2) is 42.5 Å². The Bertz CT molecular complexity index is 1060. The number of nitrogens with one attached hydrogen (secondary N) is 1. The van der Waals surface area contributed by atoms with Gasteiger partial charge in [0.15, 0.2) is 11.5 Å². The first-order valence-corrected chi connectivity index (χ1v) is 10.3. The van der Waals surface area contributed by atoms with E-state index in [1.54, 1.807) is 11.9 Å². The molecule has 0 radical (unpaired) electrons. The maximum atomic E-state index is 14.3. The molecule has 2 N–H and O–H groups in total. The number of hydrogen-bond donors (Lipinski definition) is 2. The fourth-order valence-electron chi connectivity index (χ4n) is 4.27. The molecule has 2 aromatic carbocycles. The lowest BCUT2D eigenvalue weighted by atomic mass is 9.93. The van der Waals surface area contributed by atoms with Crippen molar-refractivity contribution in [3.63, 3.8) is 0 Å². The van der Waals surface area contributed by atoms with Crippen LogP contribution < -0.4 is 5.17 Å². The summed E-state index contributed by atoms with van der Waals surface area (Å²) in [6, 6.07) is 12.7. The lowest BCUT2D eigenvalue weighted by Gasteiger charge is -2.38. The molecule has 1 aliphatic rings. The molecule has 0 bridgehead atoms. The average Bonchev–Trinajstić information content (AvgIpc) is 3.13. The van der Waals surface area contributed by atoms with E-state index in [1.807, 2.05) is 23.7 Å². The van der Waals surface area contributed by atoms with Crippen LogP contribution in [0.2, 0.25) is 0 Å². The smallest absolute Gasteiger partial charge is 0.193 e. The summed E-state index contributed by atoms with van der Waals surface area (Å²) in [7, 11) is 0. The Kier molecular flexibility index (Phi) is 5.60. The van der Waals surface area contributed by atoms with Gasteiger partial charge in [-0.3, -0.25) is 5.17 Å². The number of phenols is 1. The van der Waals surface area contributed by atoms with Gasteiger partial charge in [0.2, 0.25) is 0 Å². The minimum Gasteiger partial charge on any atom is -0.608 e. The van der Waals surface area contributed by atoms with Crippen molar-refractivity contribution in [2.75, 3.05) is 13.1 Å². The first-order chi connectivity index (χ1) is 14.4. The summed E-state index contributed by atoms with van der Waals surface area (Å²) in [4.78, 5) is 0. The zero-order chi connectivity index (χ0) is 21.4. The molecule has 0 aliphatic carbocycles. The van der Waals surface area contributed by atoms with Gasteiger partial charge in [-0.25, -0.2) is 9.07 Å². The number of halogens is 1. The number of phenolic OH excluding ortho intramolecular Hbond substituents is 1. The van der Waals surface area contributed by atoms with Gasteiger partial charge in [-0.15, -0.1) is 0 Å². The van der Waals surface area contributed by atoms with Crippen LogP contribution in [-0.4, -0.2) is 33.0 Å². The van der Waals surface area contributed by atoms with Crippen LogP contribution in [0, 0.1) is 31.8 Å². The van der Waals surface area contributed by atoms with Gasteiger partial charge in [0.05, 0.1) is 16.9 Å². The van der Waals surface area contributed by atoms with Crippen molar-refractivity contribution in [1.82, 2.24) is 14.8 Å². The summed E-state index contributed by atoms with van der Waals surface area (Å²) in [5.74, 6) is -0.386. The van der Waals surface area contributed by atoms with Gasteiger partial charge in [0.25, 0.3) is 0 Å². The number of benzene rings is 2. The summed E-state index contributed by atoms with van der Waals surface area (Å²) in [6.07, 6.45) is 1.56. The number of hydrogen-bond acceptors (Lipinski definition) is 4. The number of rotatable bonds is 4. The zero-order valence-corrected chi connectivity index (χ0v) is 17.5. The topological polar surface area (TPSA) is 68.8 Å². The SMILES string of the molecule is Cc1cc(C2CCN([NH+]([O-])c3c(F)ccc(O)c3C)CC2)n(-c2ccccc2C)n1. The highest BCUT2D eigenvalue weighted by Crippen LogP contribution is 2.31. The van der Waals surface area contributed by atoms with Crippen molar-refractivity contribution in [2.24, 2.45) is 0 Å². The molecule has 30 heavy (non-hydrogen) atoms. The Hall–Kier alpha value is -2.74. The number of aryl methyl sites for hydroxylation is 2. The fraction of sp³-hybridized carbons (Fsp3) is 0.348. The first kappa shape index (κ1) is 20.5. The number of piperidine rings is 1. The molecular weight excluding hydrogens is 383 g/mol. The largest absolute Gasteiger partial charge is 0.608 e. The van der Waals surface area contributed by atoms with Crippen LogP contribution in [0.25, 0.3) is 5.69 Å². The molecule has 0 saturated carbocycles. The van der Waals surface area contributed by atoms with Crippen molar-refractivity contribution in [3.05, 3.63) is 76.0 Å². The van der Waals surface area contributed by atoms with Crippen molar-refractivity contribution >= 4 is 5.69 Å². The van der Waals surface area contributed by atoms with Crippen molar-refractivity contribution in [2.45, 2.75) is 39.5 Å². The number of quaternary nitrogens is 1. The number of aromatic nitrogens is 2. The standard InChI is InChI=1S/C23H27FN4O2/c1-15-6-4-5-7-20(15)27-21(14-16(2)25-27)18-10-12-26(13-11-18)28(30)23-17(3)22(29)9-8-19(23)24/h4-9,14,18,28-29H,10-13H2,1-3H3. The summed E-state index contributed by atoms with van der Waals surface area (Å²) < 4.78 is 16.3. The van der Waals surface area contributed by atoms with Crippen molar-refractivity contribution < 1.29 is 14.7 Å². The first-order valence-electron chi connectivity index (χ1n) is 10.3. The molecule has 4 rings (SSSR count). The Morgan fingerprint density at radius 3 is 2.50 bits per heavy atom. The van der Waals surface area contributed by atoms with Crippen LogP contribution in [-0.2, 0) is 0 Å². The maximum absolute atomic E-state index is 14.3. The molecule has 1 unspecified atom stereocenters. The van der Waals surface area contributed by atoms with Crippen LogP contribution in [0.5, 0.6) is 5.75 Å². The second-order valence-corrected chi connectivity index (χ2v) is 8.04. The predicted octanol–water partition coefficient (Wildman–Crippen LogP) is 3.45. The maximum Gasteiger partial charge on any atom is 0.193 e. The Morgan fingerprint density at radius 2 is 1.80 bits per heavy atom. The lowest BCUT2D eigenvalue weighted by Crippen LogP contribution is -3.10. The molecule has 1 atom stereocenters. The highest BCUT2D eigenvalue weighted by molar-refractivity contribution is 5.48. The number of nitrogens with zero attached hydrogens (tertiary/aromatic N) is 3. The van der Waals surface area contributed by atoms with Gasteiger partial charge in [0, 0.05) is 24.7 Å². The molecule has 1 aliphatic heterocycles. The molecule has 2 heterocycles. The Labute approximate surface area is 175 Å². The highest BCUT2D eigenvalue weighted by Gasteiger charge is 2.30. The molecule has 1 saturated heterocycles. The van der Waals surface area contributed by atoms with Gasteiger partial charge in [-0.2, -0.15) is 10.1 Å². The van der Waals surface area contributed by atoms with E-state index in [-0.39, 0.29) is 28.1 Å². The molecule has 1 fully saturated rings. The third-order valence-corrected chi connectivity index (χ3v) is 6.00. The molecule has 1 aromatic heterocycles. The molecule has 0 amide bonds. The highest BCUT2D eigenvalue weighted by atomic mass is 19.1. The van der Waals surface area contributed by atoms with Crippen molar-refractivity contribution in [1.29, 1.82) is 0 Å². The van der Waals surface area contributed by atoms with Crippen LogP contribution in [0.1, 0.15) is 41.3 Å². The van der Waals surface area contributed by atoms with E-state index in [9.17, 15) is 14.7 Å². The van der Waals surface area contributed by atoms with Crippen molar-refractivity contribution in [3.8, 4) is 11.4 Å². The monoisotopic (exact) mass is 410 g/mol. The van der Waals surface area contributed by atoms with E-state index < -0.39 is 5.82 Å². The minimum absolute atomic E-state index is 0.0331. The second kappa shape index (κ2) is 8.18. The van der Waals surface area contributed by atoms with Gasteiger partial charge in [-0.05, 0) is 63.4 Å². The zero-order valence-electron chi connectivity index (χ0n) is 17.5. The van der Waals surface area contributed by atoms with E-state index in [0.29, 0.717) is 13.1 Å². The third-order valence-electron chi connectivity index (χ3n) is 6.00. The Balaban J connectivity index is 1.54. The fourth-order valence-corrected chi connectivity index (χ4v) is 4.27. The van der Waals surface area contributed by atoms with E-state index in [4.69, 9.17) is 5.10 Å². The molecule has 6 nitrogen and oxygen atoms in total. The number of para-hydroxylation sites is 1. The normalized spacial score (nSPS) is 16.7. The predicted molar refractivity (Wildman–Crippen MR) is 113 cm³/mol. The molecular formula is C23H27FN4O2. The van der Waals surface area contributed by atoms with Crippen LogP contribution >= 0.6 is 0 Å². The van der Waals surface area contributed by atoms with E-state index >= 15 is 0 Å². The average molecular weight is 410 g/mol. The van der Waals surface area contributed by atoms with E-state index in [1.165, 1.54) is 6.07 Å². The minimum atomic E-state index is -0.592. The van der Waals surface area contributed by atoms with Crippen LogP contribution in [0.3, 0.4) is 0 Å².